The lowest BCUT2D eigenvalue weighted by atomic mass is 10.2. The summed E-state index contributed by atoms with van der Waals surface area (Å²) in [5.74, 6) is -0.377. The average Bonchev–Trinajstić information content (AvgIpc) is 2.98. The molecule has 2 heterocycles. The fourth-order valence-corrected chi connectivity index (χ4v) is 1.74. The highest BCUT2D eigenvalue weighted by atomic mass is 16.5. The summed E-state index contributed by atoms with van der Waals surface area (Å²) >= 11 is 0. The van der Waals surface area contributed by atoms with Crippen LogP contribution < -0.4 is 5.32 Å². The molecule has 0 unspecified atom stereocenters. The van der Waals surface area contributed by atoms with Gasteiger partial charge >= 0.3 is 11.8 Å². The Hall–Kier alpha value is -3.09. The molecule has 104 valence electrons. The van der Waals surface area contributed by atoms with E-state index < -0.39 is 5.91 Å². The van der Waals surface area contributed by atoms with Crippen LogP contribution in [0, 0.1) is 6.92 Å². The molecule has 1 amide bonds. The monoisotopic (exact) mass is 281 g/mol. The van der Waals surface area contributed by atoms with Gasteiger partial charge in [-0.2, -0.15) is 4.98 Å². The summed E-state index contributed by atoms with van der Waals surface area (Å²) < 4.78 is 4.94. The Morgan fingerprint density at radius 1 is 1.29 bits per heavy atom. The fourth-order valence-electron chi connectivity index (χ4n) is 1.74. The van der Waals surface area contributed by atoms with Gasteiger partial charge in [0.05, 0.1) is 6.20 Å². The average molecular weight is 281 g/mol. The zero-order valence-electron chi connectivity index (χ0n) is 11.1. The maximum Gasteiger partial charge on any atom is 0.316 e. The van der Waals surface area contributed by atoms with Crippen molar-refractivity contribution >= 4 is 11.6 Å². The van der Waals surface area contributed by atoms with Crippen molar-refractivity contribution in [1.82, 2.24) is 20.1 Å². The number of benzene rings is 1. The maximum atomic E-state index is 12.0. The van der Waals surface area contributed by atoms with Crippen LogP contribution in [0.3, 0.4) is 0 Å². The van der Waals surface area contributed by atoms with Gasteiger partial charge in [0.15, 0.2) is 0 Å². The molecule has 0 atom stereocenters. The third kappa shape index (κ3) is 2.92. The molecule has 0 bridgehead atoms. The molecule has 0 fully saturated rings. The zero-order valence-corrected chi connectivity index (χ0v) is 11.1. The lowest BCUT2D eigenvalue weighted by molar-refractivity contribution is 0.0981. The number of anilines is 1. The van der Waals surface area contributed by atoms with E-state index >= 15 is 0 Å². The summed E-state index contributed by atoms with van der Waals surface area (Å²) in [6.07, 6.45) is 4.54. The normalized spacial score (nSPS) is 10.3. The molecule has 7 nitrogen and oxygen atoms in total. The van der Waals surface area contributed by atoms with E-state index in [2.05, 4.69) is 25.4 Å². The first-order chi connectivity index (χ1) is 10.2. The molecule has 0 aliphatic rings. The van der Waals surface area contributed by atoms with Crippen molar-refractivity contribution in [3.05, 3.63) is 54.3 Å². The first-order valence-corrected chi connectivity index (χ1v) is 6.20. The van der Waals surface area contributed by atoms with E-state index in [9.17, 15) is 4.79 Å². The molecule has 3 rings (SSSR count). The minimum absolute atomic E-state index is 0.128. The molecule has 0 spiro atoms. The summed E-state index contributed by atoms with van der Waals surface area (Å²) in [6.45, 7) is 1.94. The van der Waals surface area contributed by atoms with Gasteiger partial charge in [-0.05, 0) is 24.6 Å². The number of nitrogens with zero attached hydrogens (tertiary/aromatic N) is 4. The van der Waals surface area contributed by atoms with Crippen LogP contribution in [0.15, 0.2) is 47.4 Å². The van der Waals surface area contributed by atoms with E-state index in [1.807, 2.05) is 25.1 Å². The van der Waals surface area contributed by atoms with E-state index in [0.29, 0.717) is 11.4 Å². The summed E-state index contributed by atoms with van der Waals surface area (Å²) in [6, 6.07) is 7.42. The third-order valence-electron chi connectivity index (χ3n) is 2.69. The molecule has 3 aromatic rings. The van der Waals surface area contributed by atoms with Crippen molar-refractivity contribution in [1.29, 1.82) is 0 Å². The number of amides is 1. The van der Waals surface area contributed by atoms with Crippen LogP contribution in [-0.2, 0) is 0 Å². The summed E-state index contributed by atoms with van der Waals surface area (Å²) in [7, 11) is 0. The first kappa shape index (κ1) is 12.9. The van der Waals surface area contributed by atoms with Crippen molar-refractivity contribution in [2.45, 2.75) is 6.92 Å². The largest absolute Gasteiger partial charge is 0.328 e. The van der Waals surface area contributed by atoms with E-state index in [1.165, 1.54) is 18.6 Å². The van der Waals surface area contributed by atoms with Crippen LogP contribution in [0.1, 0.15) is 16.2 Å². The number of hydrogen-bond donors (Lipinski definition) is 1. The Morgan fingerprint density at radius 2 is 2.19 bits per heavy atom. The van der Waals surface area contributed by atoms with Crippen LogP contribution in [0.25, 0.3) is 11.5 Å². The highest BCUT2D eigenvalue weighted by molar-refractivity contribution is 6.01. The molecular formula is C14H11N5O2. The van der Waals surface area contributed by atoms with Crippen molar-refractivity contribution in [3.63, 3.8) is 0 Å². The molecule has 2 aromatic heterocycles. The predicted molar refractivity (Wildman–Crippen MR) is 74.5 cm³/mol. The molecule has 0 radical (unpaired) electrons. The number of carbonyl (C=O) groups excluding carboxylic acids is 1. The molecule has 0 aliphatic heterocycles. The highest BCUT2D eigenvalue weighted by Crippen LogP contribution is 2.13. The molecule has 1 aromatic carbocycles. The van der Waals surface area contributed by atoms with Gasteiger partial charge in [-0.25, -0.2) is 4.98 Å². The van der Waals surface area contributed by atoms with Crippen LogP contribution in [0.2, 0.25) is 0 Å². The minimum atomic E-state index is -0.469. The highest BCUT2D eigenvalue weighted by Gasteiger charge is 2.17. The van der Waals surface area contributed by atoms with Crippen molar-refractivity contribution in [3.8, 4) is 11.5 Å². The lowest BCUT2D eigenvalue weighted by Gasteiger charge is -2.02. The summed E-state index contributed by atoms with van der Waals surface area (Å²) in [4.78, 5) is 24.0. The Morgan fingerprint density at radius 3 is 2.95 bits per heavy atom. The molecule has 0 aliphatic carbocycles. The predicted octanol–water partition coefficient (Wildman–Crippen LogP) is 2.09. The quantitative estimate of drug-likeness (QED) is 0.790. The summed E-state index contributed by atoms with van der Waals surface area (Å²) in [5, 5.41) is 6.41. The number of aromatic nitrogens is 4. The van der Waals surface area contributed by atoms with Gasteiger partial charge in [0, 0.05) is 18.1 Å². The molecule has 0 saturated carbocycles. The Balaban J connectivity index is 1.78. The molecule has 1 N–H and O–H groups in total. The van der Waals surface area contributed by atoms with Crippen molar-refractivity contribution in [2.24, 2.45) is 0 Å². The fraction of sp³-hybridized carbons (Fsp3) is 0.0714. The Bertz CT molecular complexity index is 770. The minimum Gasteiger partial charge on any atom is -0.328 e. The maximum absolute atomic E-state index is 12.0. The second-order valence-electron chi connectivity index (χ2n) is 4.34. The number of rotatable bonds is 3. The van der Waals surface area contributed by atoms with Crippen LogP contribution >= 0.6 is 0 Å². The van der Waals surface area contributed by atoms with Gasteiger partial charge in [0.25, 0.3) is 0 Å². The van der Waals surface area contributed by atoms with Crippen molar-refractivity contribution in [2.75, 3.05) is 5.32 Å². The zero-order chi connectivity index (χ0) is 14.7. The number of aryl methyl sites for hydroxylation is 1. The second-order valence-corrected chi connectivity index (χ2v) is 4.34. The Kier molecular flexibility index (Phi) is 3.38. The number of hydrogen-bond acceptors (Lipinski definition) is 6. The molecule has 21 heavy (non-hydrogen) atoms. The van der Waals surface area contributed by atoms with E-state index in [0.717, 1.165) is 5.56 Å². The van der Waals surface area contributed by atoms with E-state index in [4.69, 9.17) is 4.52 Å². The first-order valence-electron chi connectivity index (χ1n) is 6.20. The summed E-state index contributed by atoms with van der Waals surface area (Å²) in [5.41, 5.74) is 2.15. The van der Waals surface area contributed by atoms with Crippen LogP contribution in [-0.4, -0.2) is 26.0 Å². The molecule has 7 heteroatoms. The Labute approximate surface area is 120 Å². The second kappa shape index (κ2) is 5.49. The number of carbonyl (C=O) groups is 1. The van der Waals surface area contributed by atoms with Gasteiger partial charge in [0.1, 0.15) is 5.69 Å². The van der Waals surface area contributed by atoms with Crippen LogP contribution in [0.4, 0.5) is 5.69 Å². The van der Waals surface area contributed by atoms with Gasteiger partial charge in [-0.1, -0.05) is 17.3 Å². The standard InChI is InChI=1S/C14H11N5O2/c1-9-3-2-4-10(7-9)17-13(20)14-18-12(19-21-14)11-8-15-5-6-16-11/h2-8H,1H3,(H,17,20). The molecule has 0 saturated heterocycles. The van der Waals surface area contributed by atoms with E-state index in [1.54, 1.807) is 6.07 Å². The van der Waals surface area contributed by atoms with Gasteiger partial charge in [0.2, 0.25) is 5.82 Å². The number of nitrogens with one attached hydrogen (secondary N) is 1. The van der Waals surface area contributed by atoms with Gasteiger partial charge in [-0.15, -0.1) is 0 Å². The van der Waals surface area contributed by atoms with Gasteiger partial charge in [-0.3, -0.25) is 9.78 Å². The van der Waals surface area contributed by atoms with Crippen molar-refractivity contribution < 1.29 is 9.32 Å². The lowest BCUT2D eigenvalue weighted by Crippen LogP contribution is -2.12. The smallest absolute Gasteiger partial charge is 0.316 e. The third-order valence-corrected chi connectivity index (χ3v) is 2.69. The van der Waals surface area contributed by atoms with Crippen LogP contribution in [0.5, 0.6) is 0 Å². The topological polar surface area (TPSA) is 93.8 Å². The van der Waals surface area contributed by atoms with Gasteiger partial charge < -0.3 is 9.84 Å². The SMILES string of the molecule is Cc1cccc(NC(=O)c2nc(-c3cnccn3)no2)c1. The van der Waals surface area contributed by atoms with E-state index in [-0.39, 0.29) is 11.7 Å². The molecular weight excluding hydrogens is 270 g/mol.